The Hall–Kier alpha value is 2.75. The molecule has 0 saturated heterocycles. The first-order chi connectivity index (χ1) is 2.00. The van der Waals surface area contributed by atoms with Crippen LogP contribution in [0.5, 0.6) is 0 Å². The summed E-state index contributed by atoms with van der Waals surface area (Å²) >= 11 is 0. The zero-order valence-corrected chi connectivity index (χ0v) is 9.51. The summed E-state index contributed by atoms with van der Waals surface area (Å²) in [6.07, 6.45) is 0. The van der Waals surface area contributed by atoms with Crippen LogP contribution < -0.4 is 0 Å². The molecule has 0 saturated carbocycles. The van der Waals surface area contributed by atoms with E-state index >= 15 is 0 Å². The van der Waals surface area contributed by atoms with Gasteiger partial charge in [-0.2, -0.15) is 0 Å². The van der Waals surface area contributed by atoms with E-state index in [1.165, 1.54) is 0 Å². The van der Waals surface area contributed by atoms with Crippen LogP contribution >= 0.6 is 0 Å². The van der Waals surface area contributed by atoms with Crippen LogP contribution in [0.1, 0.15) is 0 Å². The van der Waals surface area contributed by atoms with E-state index < -0.39 is 9.05 Å². The van der Waals surface area contributed by atoms with Gasteiger partial charge in [0.2, 0.25) is 0 Å². The van der Waals surface area contributed by atoms with E-state index in [-0.39, 0.29) is 82.1 Å². The average molecular weight is 337 g/mol. The molecule has 0 aliphatic rings. The molecule has 0 fully saturated rings. The molecule has 4 N–H and O–H groups in total. The first-order valence-electron chi connectivity index (χ1n) is 0.894. The van der Waals surface area contributed by atoms with Gasteiger partial charge >= 0.3 is 9.05 Å². The van der Waals surface area contributed by atoms with Crippen molar-refractivity contribution in [2.45, 2.75) is 0 Å². The van der Waals surface area contributed by atoms with E-state index in [9.17, 15) is 0 Å². The minimum Gasteiger partial charge on any atom is -0.368 e. The van der Waals surface area contributed by atoms with Gasteiger partial charge in [0.15, 0.2) is 0 Å². The fourth-order valence-corrected chi connectivity index (χ4v) is 0. The van der Waals surface area contributed by atoms with E-state index in [4.69, 9.17) is 19.2 Å². The molecule has 0 amide bonds. The third kappa shape index (κ3) is 52.8. The molecule has 4 nitrogen and oxygen atoms in total. The molecule has 7 heavy (non-hydrogen) atoms. The summed E-state index contributed by atoms with van der Waals surface area (Å²) < 4.78 is 0. The molecule has 0 rings (SSSR count). The molecule has 42 valence electrons. The van der Waals surface area contributed by atoms with Crippen molar-refractivity contribution in [3.63, 3.8) is 0 Å². The van der Waals surface area contributed by atoms with Gasteiger partial charge in [-0.3, -0.25) is 0 Å². The van der Waals surface area contributed by atoms with Crippen LogP contribution in [0.15, 0.2) is 0 Å². The Kier molecular flexibility index (Phi) is 16.1. The Morgan fingerprint density at radius 2 is 0.857 bits per heavy atom. The molecule has 0 aliphatic heterocycles. The van der Waals surface area contributed by atoms with Crippen molar-refractivity contribution in [2.24, 2.45) is 0 Å². The van der Waals surface area contributed by atoms with Crippen molar-refractivity contribution < 1.29 is 101 Å². The van der Waals surface area contributed by atoms with Gasteiger partial charge in [-0.1, -0.05) is 0 Å². The number of hydrogen-bond donors (Lipinski definition) is 4. The van der Waals surface area contributed by atoms with Crippen LogP contribution in [0.25, 0.3) is 0 Å². The molecular weight excluding hydrogens is 333 g/mol. The topological polar surface area (TPSA) is 80.9 Å². The summed E-state index contributed by atoms with van der Waals surface area (Å²) in [5, 5.41) is 0. The van der Waals surface area contributed by atoms with Gasteiger partial charge in [0.1, 0.15) is 0 Å². The van der Waals surface area contributed by atoms with Gasteiger partial charge in [0.25, 0.3) is 0 Å². The molecule has 0 bridgehead atoms. The van der Waals surface area contributed by atoms with Crippen molar-refractivity contribution in [1.82, 2.24) is 0 Å². The van der Waals surface area contributed by atoms with Crippen LogP contribution in [0, 0.1) is 49.4 Å². The second-order valence-electron chi connectivity index (χ2n) is 0.600. The van der Waals surface area contributed by atoms with Crippen molar-refractivity contribution in [3.05, 3.63) is 0 Å². The van der Waals surface area contributed by atoms with Crippen LogP contribution in [0.2, 0.25) is 0 Å². The van der Waals surface area contributed by atoms with Crippen molar-refractivity contribution in [2.75, 3.05) is 0 Å². The van der Waals surface area contributed by atoms with Crippen LogP contribution in [-0.4, -0.2) is 28.2 Å². The van der Waals surface area contributed by atoms with Crippen molar-refractivity contribution >= 4 is 9.05 Å². The minimum absolute atomic E-state index is 0. The van der Waals surface area contributed by atoms with Gasteiger partial charge in [-0.15, -0.1) is 0 Å². The number of hydrogen-bond acceptors (Lipinski definition) is 4. The van der Waals surface area contributed by atoms with Crippen molar-refractivity contribution in [3.8, 4) is 0 Å². The summed E-state index contributed by atoms with van der Waals surface area (Å²) in [4.78, 5) is 29.3. The molecule has 2 radical (unpaired) electrons. The molecular formula is H4EuO4SiY. The second-order valence-corrected chi connectivity index (χ2v) is 1.80. The normalized spacial score (nSPS) is 8.57. The Bertz CT molecular complexity index is 27.2. The maximum atomic E-state index is 7.33. The summed E-state index contributed by atoms with van der Waals surface area (Å²) in [5.41, 5.74) is 0. The molecule has 0 aromatic rings. The maximum absolute atomic E-state index is 7.33. The third-order valence-electron chi connectivity index (χ3n) is 0. The van der Waals surface area contributed by atoms with E-state index in [0.717, 1.165) is 0 Å². The molecule has 0 aromatic carbocycles. The van der Waals surface area contributed by atoms with Gasteiger partial charge in [-0.25, -0.2) is 0 Å². The van der Waals surface area contributed by atoms with E-state index in [1.807, 2.05) is 0 Å². The first kappa shape index (κ1) is 16.4. The fraction of sp³-hybridized carbons (Fsp3) is 0. The first-order valence-corrected chi connectivity index (χ1v) is 2.68. The predicted octanol–water partition coefficient (Wildman–Crippen LogP) is -2.61. The molecule has 0 unspecified atom stereocenters. The monoisotopic (exact) mass is 338 g/mol. The third-order valence-corrected chi connectivity index (χ3v) is 0. The van der Waals surface area contributed by atoms with Crippen LogP contribution in [0.3, 0.4) is 0 Å². The predicted molar refractivity (Wildman–Crippen MR) is 14.6 cm³/mol. The Morgan fingerprint density at radius 3 is 0.857 bits per heavy atom. The van der Waals surface area contributed by atoms with Gasteiger partial charge in [-0.05, 0) is 0 Å². The average Bonchev–Trinajstić information content (AvgIpc) is 0.722. The zero-order valence-electron chi connectivity index (χ0n) is 3.24. The smallest absolute Gasteiger partial charge is 0.368 e. The Balaban J connectivity index is -0.0000000800. The Morgan fingerprint density at radius 1 is 0.857 bits per heavy atom. The van der Waals surface area contributed by atoms with Gasteiger partial charge < -0.3 is 19.2 Å². The van der Waals surface area contributed by atoms with Gasteiger partial charge in [0.05, 0.1) is 0 Å². The fourth-order valence-electron chi connectivity index (χ4n) is 0. The van der Waals surface area contributed by atoms with Crippen LogP contribution in [0.4, 0.5) is 0 Å². The Labute approximate surface area is 108 Å². The minimum atomic E-state index is -4.61. The summed E-state index contributed by atoms with van der Waals surface area (Å²) in [5.74, 6) is 0. The van der Waals surface area contributed by atoms with E-state index in [2.05, 4.69) is 0 Å². The maximum Gasteiger partial charge on any atom is 0.668 e. The largest absolute Gasteiger partial charge is 0.668 e. The SMILES string of the molecule is O[Si](O)(O)O.[Eu].[Y]. The van der Waals surface area contributed by atoms with Crippen molar-refractivity contribution in [1.29, 1.82) is 0 Å². The van der Waals surface area contributed by atoms with Gasteiger partial charge in [0, 0.05) is 82.1 Å². The van der Waals surface area contributed by atoms with E-state index in [0.29, 0.717) is 0 Å². The van der Waals surface area contributed by atoms with E-state index in [1.54, 1.807) is 0 Å². The molecule has 0 aliphatic carbocycles. The van der Waals surface area contributed by atoms with Crippen LogP contribution in [-0.2, 0) is 32.7 Å². The molecule has 0 heterocycles. The molecule has 7 heteroatoms. The zero-order chi connectivity index (χ0) is 4.50. The standard InChI is InChI=1S/Eu.H4O4Si.Y/c;1-5(2,3)4;/h;1-4H;. The molecule has 0 atom stereocenters. The summed E-state index contributed by atoms with van der Waals surface area (Å²) in [6.45, 7) is 0. The summed E-state index contributed by atoms with van der Waals surface area (Å²) in [7, 11) is -4.61. The summed E-state index contributed by atoms with van der Waals surface area (Å²) in [6, 6.07) is 0. The second kappa shape index (κ2) is 6.86. The molecule has 0 spiro atoms. The number of rotatable bonds is 0. The quantitative estimate of drug-likeness (QED) is 0.365. The molecule has 0 aromatic heterocycles.